The summed E-state index contributed by atoms with van der Waals surface area (Å²) in [6.45, 7) is 0. The molecule has 80 valence electrons. The van der Waals surface area contributed by atoms with Crippen LogP contribution in [0.5, 0.6) is 5.75 Å². The molecule has 2 aromatic carbocycles. The molecule has 0 aliphatic heterocycles. The fourth-order valence-corrected chi connectivity index (χ4v) is 1.63. The van der Waals surface area contributed by atoms with E-state index in [0.717, 1.165) is 17.5 Å². The van der Waals surface area contributed by atoms with Gasteiger partial charge in [-0.25, -0.2) is 0 Å². The lowest BCUT2D eigenvalue weighted by Gasteiger charge is -2.03. The first kappa shape index (κ1) is 10.4. The molecule has 2 aromatic rings. The van der Waals surface area contributed by atoms with E-state index in [1.165, 1.54) is 11.8 Å². The van der Waals surface area contributed by atoms with Crippen LogP contribution in [0.25, 0.3) is 0 Å². The Hall–Kier alpha value is -2.09. The molecule has 0 radical (unpaired) electrons. The fourth-order valence-electron chi connectivity index (χ4n) is 1.63. The van der Waals surface area contributed by atoms with Crippen molar-refractivity contribution in [2.75, 3.05) is 0 Å². The van der Waals surface area contributed by atoms with Crippen molar-refractivity contribution in [3.63, 3.8) is 0 Å². The van der Waals surface area contributed by atoms with E-state index in [1.54, 1.807) is 12.1 Å². The molecule has 0 fully saturated rings. The van der Waals surface area contributed by atoms with Crippen LogP contribution in [-0.4, -0.2) is 11.3 Å². The maximum Gasteiger partial charge on any atom is 0.115 e. The lowest BCUT2D eigenvalue weighted by molar-refractivity contribution is 0.474. The molecule has 0 aromatic heterocycles. The molecule has 2 N–H and O–H groups in total. The van der Waals surface area contributed by atoms with Gasteiger partial charge in [0.05, 0.1) is 0 Å². The highest BCUT2D eigenvalue weighted by Crippen LogP contribution is 2.15. The van der Waals surface area contributed by atoms with Crippen molar-refractivity contribution in [3.05, 3.63) is 65.2 Å². The van der Waals surface area contributed by atoms with Crippen molar-refractivity contribution in [2.24, 2.45) is 0 Å². The summed E-state index contributed by atoms with van der Waals surface area (Å²) in [6.07, 6.45) is 2.13. The lowest BCUT2D eigenvalue weighted by atomic mass is 10.0. The molecule has 0 aliphatic rings. The van der Waals surface area contributed by atoms with E-state index in [-0.39, 0.29) is 0 Å². The first-order valence-electron chi connectivity index (χ1n) is 5.15. The van der Waals surface area contributed by atoms with Gasteiger partial charge in [-0.3, -0.25) is 0 Å². The van der Waals surface area contributed by atoms with Crippen LogP contribution >= 0.6 is 0 Å². The Balaban J connectivity index is 2.17. The average molecular weight is 211 g/mol. The Kier molecular flexibility index (Phi) is 3.01. The third kappa shape index (κ3) is 2.48. The van der Waals surface area contributed by atoms with Crippen LogP contribution in [0.2, 0.25) is 0 Å². The van der Waals surface area contributed by atoms with Crippen LogP contribution < -0.4 is 0 Å². The number of benzene rings is 2. The van der Waals surface area contributed by atoms with Gasteiger partial charge >= 0.3 is 0 Å². The van der Waals surface area contributed by atoms with Gasteiger partial charge in [0.15, 0.2) is 0 Å². The van der Waals surface area contributed by atoms with Crippen LogP contribution in [0, 0.1) is 5.41 Å². The maximum absolute atomic E-state index is 9.34. The standard InChI is InChI=1S/C14H13NO/c15-10-12-6-4-11(5-7-12)8-13-2-1-3-14(16)9-13/h1-7,9-10,15-16H,8H2. The molecule has 2 rings (SSSR count). The first-order valence-corrected chi connectivity index (χ1v) is 5.15. The Morgan fingerprint density at radius 2 is 1.75 bits per heavy atom. The first-order chi connectivity index (χ1) is 7.78. The Bertz CT molecular complexity index is 488. The van der Waals surface area contributed by atoms with Crippen LogP contribution in [0.3, 0.4) is 0 Å². The summed E-state index contributed by atoms with van der Waals surface area (Å²) >= 11 is 0. The van der Waals surface area contributed by atoms with Gasteiger partial charge in [0.25, 0.3) is 0 Å². The summed E-state index contributed by atoms with van der Waals surface area (Å²) in [4.78, 5) is 0. The largest absolute Gasteiger partial charge is 0.508 e. The molecule has 0 saturated carbocycles. The molecular formula is C14H13NO. The summed E-state index contributed by atoms with van der Waals surface area (Å²) in [5.41, 5.74) is 3.17. The van der Waals surface area contributed by atoms with Gasteiger partial charge in [-0.15, -0.1) is 0 Å². The fraction of sp³-hybridized carbons (Fsp3) is 0.0714. The molecule has 0 bridgehead atoms. The van der Waals surface area contributed by atoms with Crippen molar-refractivity contribution in [1.82, 2.24) is 0 Å². The Morgan fingerprint density at radius 3 is 2.38 bits per heavy atom. The molecule has 2 heteroatoms. The summed E-state index contributed by atoms with van der Waals surface area (Å²) < 4.78 is 0. The van der Waals surface area contributed by atoms with Crippen LogP contribution in [0.1, 0.15) is 16.7 Å². The average Bonchev–Trinajstić information content (AvgIpc) is 2.30. The van der Waals surface area contributed by atoms with E-state index in [9.17, 15) is 5.11 Å². The number of phenols is 1. The van der Waals surface area contributed by atoms with Crippen LogP contribution in [-0.2, 0) is 6.42 Å². The van der Waals surface area contributed by atoms with Crippen molar-refractivity contribution >= 4 is 6.21 Å². The lowest BCUT2D eigenvalue weighted by Crippen LogP contribution is -1.88. The third-order valence-corrected chi connectivity index (χ3v) is 2.47. The zero-order valence-electron chi connectivity index (χ0n) is 8.85. The van der Waals surface area contributed by atoms with Gasteiger partial charge in [0.2, 0.25) is 0 Å². The van der Waals surface area contributed by atoms with Crippen molar-refractivity contribution in [3.8, 4) is 5.75 Å². The molecule has 0 saturated heterocycles. The van der Waals surface area contributed by atoms with E-state index < -0.39 is 0 Å². The van der Waals surface area contributed by atoms with Gasteiger partial charge < -0.3 is 10.5 Å². The zero-order chi connectivity index (χ0) is 11.4. The quantitative estimate of drug-likeness (QED) is 0.753. The molecule has 16 heavy (non-hydrogen) atoms. The number of phenolic OH excluding ortho intramolecular Hbond substituents is 1. The number of aromatic hydroxyl groups is 1. The van der Waals surface area contributed by atoms with E-state index in [1.807, 2.05) is 36.4 Å². The molecule has 0 amide bonds. The number of rotatable bonds is 3. The Labute approximate surface area is 94.7 Å². The number of hydrogen-bond donors (Lipinski definition) is 2. The van der Waals surface area contributed by atoms with Gasteiger partial charge in [0.1, 0.15) is 5.75 Å². The second-order valence-corrected chi connectivity index (χ2v) is 3.73. The minimum absolute atomic E-state index is 0.300. The SMILES string of the molecule is N=Cc1ccc(Cc2cccc(O)c2)cc1. The van der Waals surface area contributed by atoms with Crippen LogP contribution in [0.4, 0.5) is 0 Å². The monoisotopic (exact) mass is 211 g/mol. The highest BCUT2D eigenvalue weighted by Gasteiger charge is 1.97. The van der Waals surface area contributed by atoms with E-state index in [4.69, 9.17) is 5.41 Å². The topological polar surface area (TPSA) is 44.1 Å². The van der Waals surface area contributed by atoms with Crippen molar-refractivity contribution < 1.29 is 5.11 Å². The smallest absolute Gasteiger partial charge is 0.115 e. The van der Waals surface area contributed by atoms with Gasteiger partial charge in [-0.2, -0.15) is 0 Å². The van der Waals surface area contributed by atoms with E-state index >= 15 is 0 Å². The number of nitrogens with one attached hydrogen (secondary N) is 1. The second-order valence-electron chi connectivity index (χ2n) is 3.73. The van der Waals surface area contributed by atoms with E-state index in [2.05, 4.69) is 0 Å². The molecule has 0 spiro atoms. The highest BCUT2D eigenvalue weighted by molar-refractivity contribution is 5.76. The minimum atomic E-state index is 0.300. The highest BCUT2D eigenvalue weighted by atomic mass is 16.3. The third-order valence-electron chi connectivity index (χ3n) is 2.47. The predicted octanol–water partition coefficient (Wildman–Crippen LogP) is 2.98. The summed E-state index contributed by atoms with van der Waals surface area (Å²) in [5, 5.41) is 16.4. The van der Waals surface area contributed by atoms with Crippen molar-refractivity contribution in [2.45, 2.75) is 6.42 Å². The van der Waals surface area contributed by atoms with Crippen LogP contribution in [0.15, 0.2) is 48.5 Å². The zero-order valence-corrected chi connectivity index (χ0v) is 8.85. The summed E-state index contributed by atoms with van der Waals surface area (Å²) in [7, 11) is 0. The van der Waals surface area contributed by atoms with Gasteiger partial charge in [-0.05, 0) is 35.2 Å². The summed E-state index contributed by atoms with van der Waals surface area (Å²) in [6, 6.07) is 15.1. The Morgan fingerprint density at radius 1 is 1.00 bits per heavy atom. The summed E-state index contributed by atoms with van der Waals surface area (Å²) in [5.74, 6) is 0.300. The predicted molar refractivity (Wildman–Crippen MR) is 65.2 cm³/mol. The molecule has 0 heterocycles. The normalized spacial score (nSPS) is 10.0. The van der Waals surface area contributed by atoms with Gasteiger partial charge in [0, 0.05) is 6.21 Å². The molecule has 0 aliphatic carbocycles. The second kappa shape index (κ2) is 4.62. The molecular weight excluding hydrogens is 198 g/mol. The van der Waals surface area contributed by atoms with Crippen molar-refractivity contribution in [1.29, 1.82) is 5.41 Å². The molecule has 0 unspecified atom stereocenters. The van der Waals surface area contributed by atoms with E-state index in [0.29, 0.717) is 5.75 Å². The van der Waals surface area contributed by atoms with Gasteiger partial charge in [-0.1, -0.05) is 36.4 Å². The number of hydrogen-bond acceptors (Lipinski definition) is 2. The minimum Gasteiger partial charge on any atom is -0.508 e. The maximum atomic E-state index is 9.34. The molecule has 0 atom stereocenters. The molecule has 2 nitrogen and oxygen atoms in total.